The zero-order valence-electron chi connectivity index (χ0n) is 25.7. The van der Waals surface area contributed by atoms with Crippen molar-refractivity contribution in [3.63, 3.8) is 0 Å². The van der Waals surface area contributed by atoms with E-state index >= 15 is 0 Å². The molecule has 0 aromatic carbocycles. The average Bonchev–Trinajstić information content (AvgIpc) is 3.50. The smallest absolute Gasteiger partial charge is 0.209 e. The second-order valence-electron chi connectivity index (χ2n) is 9.50. The van der Waals surface area contributed by atoms with Crippen molar-refractivity contribution in [2.75, 3.05) is 33.8 Å². The molecule has 1 amide bonds. The summed E-state index contributed by atoms with van der Waals surface area (Å²) in [5, 5.41) is 5.90. The van der Waals surface area contributed by atoms with Crippen LogP contribution in [0.25, 0.3) is 0 Å². The molecule has 0 aliphatic carbocycles. The van der Waals surface area contributed by atoms with E-state index in [1.807, 2.05) is 86.6 Å². The Morgan fingerprint density at radius 2 is 1.92 bits per heavy atom. The molecule has 0 bridgehead atoms. The number of carbonyl (C=O) groups excluding carboxylic acids is 1. The Kier molecular flexibility index (Phi) is 21.2. The highest BCUT2D eigenvalue weighted by Crippen LogP contribution is 2.32. The minimum Gasteiger partial charge on any atom is -0.465 e. The van der Waals surface area contributed by atoms with Gasteiger partial charge in [0.15, 0.2) is 0 Å². The van der Waals surface area contributed by atoms with Crippen molar-refractivity contribution in [2.45, 2.75) is 92.8 Å². The first-order valence-electron chi connectivity index (χ1n) is 13.3. The number of hydrogen-bond acceptors (Lipinski definition) is 7. The maximum absolute atomic E-state index is 10.4. The van der Waals surface area contributed by atoms with Crippen LogP contribution in [0, 0.1) is 4.91 Å². The van der Waals surface area contributed by atoms with Gasteiger partial charge in [-0.15, -0.1) is 0 Å². The van der Waals surface area contributed by atoms with Crippen LogP contribution in [-0.2, 0) is 19.0 Å². The van der Waals surface area contributed by atoms with Crippen molar-refractivity contribution in [2.24, 2.45) is 5.18 Å². The van der Waals surface area contributed by atoms with Crippen LogP contribution in [-0.4, -0.2) is 69.1 Å². The zero-order valence-corrected chi connectivity index (χ0v) is 25.7. The summed E-state index contributed by atoms with van der Waals surface area (Å²) in [4.78, 5) is 21.7. The number of allylic oxidation sites excluding steroid dienone is 6. The summed E-state index contributed by atoms with van der Waals surface area (Å²) in [6.45, 7) is 24.1. The van der Waals surface area contributed by atoms with Crippen LogP contribution in [0.2, 0.25) is 0 Å². The number of nitrogens with one attached hydrogen (secondary N) is 1. The first-order valence-corrected chi connectivity index (χ1v) is 13.3. The van der Waals surface area contributed by atoms with Crippen LogP contribution < -0.4 is 5.32 Å². The van der Waals surface area contributed by atoms with E-state index in [9.17, 15) is 9.70 Å². The van der Waals surface area contributed by atoms with Gasteiger partial charge in [-0.05, 0) is 53.2 Å². The van der Waals surface area contributed by atoms with Gasteiger partial charge in [-0.25, -0.2) is 0 Å². The van der Waals surface area contributed by atoms with Crippen LogP contribution in [0.3, 0.4) is 0 Å². The standard InChI is InChI=1S/C12H19NO.C12H20O3.C4H8N2O.C2H6/c1-5-7-12(6-2)8-11(3)9-13(4)10-14;1-8(2)7-10(13-6)11-9(3)14-12(4,5)15-11;7-6-4-1-2-5-3-4;1-2/h5-8,10H,9H2,1-4H3;7,10-11H,3H2,1-2,4-6H3;4-5H,1-3H2;1-2H3/b7-5-,11-8+,12-6+;;;. The van der Waals surface area contributed by atoms with Crippen LogP contribution in [0.1, 0.15) is 68.7 Å². The summed E-state index contributed by atoms with van der Waals surface area (Å²) in [7, 11) is 3.43. The van der Waals surface area contributed by atoms with E-state index in [1.165, 1.54) is 16.7 Å². The molecule has 8 nitrogen and oxygen atoms in total. The SMILES string of the molecule is C=C1OC(C)(C)OC1C(C=C(C)C)OC.CC.C\C=C/C(=C\C)/C=C(\C)CN(C)C=O.O=NC1CCNC1. The van der Waals surface area contributed by atoms with E-state index < -0.39 is 5.79 Å². The Hall–Kier alpha value is -2.55. The van der Waals surface area contributed by atoms with Gasteiger partial charge in [0.05, 0.1) is 0 Å². The highest BCUT2D eigenvalue weighted by molar-refractivity contribution is 5.47. The fourth-order valence-corrected chi connectivity index (χ4v) is 3.54. The number of amides is 1. The van der Waals surface area contributed by atoms with E-state index in [0.717, 1.165) is 25.9 Å². The molecular formula is C30H53N3O5. The molecule has 0 saturated carbocycles. The second-order valence-corrected chi connectivity index (χ2v) is 9.50. The molecule has 2 saturated heterocycles. The predicted octanol–water partition coefficient (Wildman–Crippen LogP) is 6.32. The quantitative estimate of drug-likeness (QED) is 0.161. The fraction of sp³-hybridized carbons (Fsp3) is 0.633. The number of nitroso groups, excluding NO2 is 1. The number of likely N-dealkylation sites (N-methyl/N-ethyl adjacent to an activating group) is 1. The summed E-state index contributed by atoms with van der Waals surface area (Å²) in [5.41, 5.74) is 3.53. The number of ether oxygens (including phenoxy) is 3. The van der Waals surface area contributed by atoms with Crippen molar-refractivity contribution in [3.05, 3.63) is 64.3 Å². The molecule has 3 atom stereocenters. The number of nitrogens with zero attached hydrogens (tertiary/aromatic N) is 2. The summed E-state index contributed by atoms with van der Waals surface area (Å²) in [6, 6.07) is 0.0556. The highest BCUT2D eigenvalue weighted by Gasteiger charge is 2.40. The van der Waals surface area contributed by atoms with E-state index in [4.69, 9.17) is 14.2 Å². The maximum Gasteiger partial charge on any atom is 0.209 e. The molecule has 2 aliphatic heterocycles. The van der Waals surface area contributed by atoms with Crippen molar-refractivity contribution >= 4 is 6.41 Å². The van der Waals surface area contributed by atoms with Gasteiger partial charge < -0.3 is 24.4 Å². The van der Waals surface area contributed by atoms with Gasteiger partial charge in [0.25, 0.3) is 0 Å². The molecule has 1 N–H and O–H groups in total. The maximum atomic E-state index is 10.4. The van der Waals surface area contributed by atoms with Gasteiger partial charge in [-0.3, -0.25) is 4.79 Å². The lowest BCUT2D eigenvalue weighted by molar-refractivity contribution is -0.146. The largest absolute Gasteiger partial charge is 0.465 e. The van der Waals surface area contributed by atoms with Gasteiger partial charge in [0.1, 0.15) is 24.0 Å². The topological polar surface area (TPSA) is 89.5 Å². The first-order chi connectivity index (χ1) is 17.9. The lowest BCUT2D eigenvalue weighted by Gasteiger charge is -2.20. The van der Waals surface area contributed by atoms with Crippen LogP contribution >= 0.6 is 0 Å². The molecule has 0 radical (unpaired) electrons. The molecule has 3 unspecified atom stereocenters. The number of carbonyl (C=O) groups is 1. The van der Waals surface area contributed by atoms with Gasteiger partial charge in [-0.1, -0.05) is 67.1 Å². The Labute approximate surface area is 231 Å². The molecule has 218 valence electrons. The molecule has 2 aliphatic rings. The predicted molar refractivity (Wildman–Crippen MR) is 159 cm³/mol. The van der Waals surface area contributed by atoms with Gasteiger partial charge in [0.2, 0.25) is 12.2 Å². The molecule has 0 spiro atoms. The minimum atomic E-state index is -0.603. The average molecular weight is 536 g/mol. The number of rotatable bonds is 9. The lowest BCUT2D eigenvalue weighted by atomic mass is 10.1. The molecule has 0 aromatic heterocycles. The molecule has 2 heterocycles. The first kappa shape index (κ1) is 37.6. The Morgan fingerprint density at radius 3 is 2.26 bits per heavy atom. The van der Waals surface area contributed by atoms with E-state index in [1.54, 1.807) is 19.1 Å². The third-order valence-corrected chi connectivity index (χ3v) is 5.14. The molecular weight excluding hydrogens is 482 g/mol. The highest BCUT2D eigenvalue weighted by atomic mass is 16.8. The van der Waals surface area contributed by atoms with Gasteiger partial charge >= 0.3 is 0 Å². The molecule has 2 rings (SSSR count). The van der Waals surface area contributed by atoms with Crippen molar-refractivity contribution in [1.82, 2.24) is 10.2 Å². The molecule has 2 fully saturated rings. The van der Waals surface area contributed by atoms with Crippen molar-refractivity contribution in [1.29, 1.82) is 0 Å². The Balaban J connectivity index is 0. The zero-order chi connectivity index (χ0) is 29.7. The fourth-order valence-electron chi connectivity index (χ4n) is 3.54. The van der Waals surface area contributed by atoms with Crippen molar-refractivity contribution in [3.8, 4) is 0 Å². The molecule has 38 heavy (non-hydrogen) atoms. The summed E-state index contributed by atoms with van der Waals surface area (Å²) in [5.74, 6) is 0.0259. The summed E-state index contributed by atoms with van der Waals surface area (Å²) in [6.07, 6.45) is 11.6. The van der Waals surface area contributed by atoms with E-state index in [0.29, 0.717) is 12.3 Å². The molecule has 8 heteroatoms. The molecule has 0 aromatic rings. The van der Waals surface area contributed by atoms with Crippen LogP contribution in [0.4, 0.5) is 0 Å². The third kappa shape index (κ3) is 17.1. The van der Waals surface area contributed by atoms with Crippen molar-refractivity contribution < 1.29 is 19.0 Å². The minimum absolute atomic E-state index is 0.0556. The van der Waals surface area contributed by atoms with E-state index in [2.05, 4.69) is 23.1 Å². The normalized spacial score (nSPS) is 21.0. The second kappa shape index (κ2) is 21.4. The number of methoxy groups -OCH3 is 1. The lowest BCUT2D eigenvalue weighted by Crippen LogP contribution is -2.30. The Bertz CT molecular complexity index is 805. The summed E-state index contributed by atoms with van der Waals surface area (Å²) >= 11 is 0. The number of hydrogen-bond donors (Lipinski definition) is 1. The Morgan fingerprint density at radius 1 is 1.29 bits per heavy atom. The third-order valence-electron chi connectivity index (χ3n) is 5.14. The van der Waals surface area contributed by atoms with Crippen LogP contribution in [0.5, 0.6) is 0 Å². The monoisotopic (exact) mass is 535 g/mol. The van der Waals surface area contributed by atoms with Crippen LogP contribution in [0.15, 0.2) is 64.6 Å². The van der Waals surface area contributed by atoms with Gasteiger partial charge in [0, 0.05) is 41.1 Å². The van der Waals surface area contributed by atoms with Gasteiger partial charge in [-0.2, -0.15) is 4.91 Å². The van der Waals surface area contributed by atoms with E-state index in [-0.39, 0.29) is 18.2 Å². The summed E-state index contributed by atoms with van der Waals surface area (Å²) < 4.78 is 16.6.